The molecule has 2 saturated heterocycles. The van der Waals surface area contributed by atoms with E-state index in [1.165, 1.54) is 36.8 Å². The van der Waals surface area contributed by atoms with Crippen LogP contribution in [0.1, 0.15) is 55.7 Å². The zero-order chi connectivity index (χ0) is 25.5. The van der Waals surface area contributed by atoms with E-state index in [2.05, 4.69) is 63.2 Å². The number of fused-ring (bicyclic) bond motifs is 1. The molecule has 1 aromatic heterocycles. The predicted molar refractivity (Wildman–Crippen MR) is 152 cm³/mol. The third-order valence-electron chi connectivity index (χ3n) is 8.73. The highest BCUT2D eigenvalue weighted by molar-refractivity contribution is 6.30. The number of aromatic nitrogens is 1. The first-order valence-electron chi connectivity index (χ1n) is 14.0. The average Bonchev–Trinajstić information content (AvgIpc) is 3.75. The van der Waals surface area contributed by atoms with E-state index in [9.17, 15) is 0 Å². The molecular formula is C30H39ClN6. The normalized spacial score (nSPS) is 23.8. The zero-order valence-corrected chi connectivity index (χ0v) is 23.0. The number of guanidine groups is 1. The summed E-state index contributed by atoms with van der Waals surface area (Å²) in [5.41, 5.74) is 4.83. The number of halogens is 1. The number of hydrogen-bond acceptors (Lipinski definition) is 6. The topological polar surface area (TPSA) is 38.2 Å². The van der Waals surface area contributed by atoms with Crippen LogP contribution in [-0.2, 0) is 6.54 Å². The van der Waals surface area contributed by atoms with Crippen LogP contribution >= 0.6 is 11.6 Å². The maximum atomic E-state index is 6.17. The van der Waals surface area contributed by atoms with Crippen molar-refractivity contribution in [1.29, 1.82) is 0 Å². The number of benzene rings is 1. The van der Waals surface area contributed by atoms with Crippen molar-refractivity contribution in [1.82, 2.24) is 24.6 Å². The Morgan fingerprint density at radius 3 is 2.57 bits per heavy atom. The van der Waals surface area contributed by atoms with Gasteiger partial charge in [-0.1, -0.05) is 31.2 Å². The Hall–Kier alpha value is -2.41. The lowest BCUT2D eigenvalue weighted by Crippen LogP contribution is -2.61. The number of aliphatic imine (C=N–C) groups is 1. The van der Waals surface area contributed by atoms with Crippen molar-refractivity contribution in [2.75, 3.05) is 32.7 Å². The number of piperidine rings is 1. The molecule has 0 spiro atoms. The van der Waals surface area contributed by atoms with Gasteiger partial charge >= 0.3 is 0 Å². The van der Waals surface area contributed by atoms with Crippen molar-refractivity contribution in [2.45, 2.75) is 70.6 Å². The molecule has 1 aromatic carbocycles. The Morgan fingerprint density at radius 1 is 1.03 bits per heavy atom. The van der Waals surface area contributed by atoms with Gasteiger partial charge in [0.15, 0.2) is 5.82 Å². The molecule has 0 amide bonds. The van der Waals surface area contributed by atoms with E-state index >= 15 is 0 Å². The number of hydrogen-bond donors (Lipinski definition) is 0. The van der Waals surface area contributed by atoms with Gasteiger partial charge in [0, 0.05) is 66.8 Å². The standard InChI is InChI=1S/C30H39ClN6/c1-4-25-20-35(30-33-29-28(6-5-13-32-29)22(3)37(30)27-9-10-27)16-17-36(25)26-11-14-34(15-12-26)19-23-7-8-24(31)18-21(23)2/h5-8,13,18,25-27H,3-4,9-12,14-17,19-20H2,1-2H3/t25-/m0/s1. The van der Waals surface area contributed by atoms with Gasteiger partial charge in [-0.3, -0.25) is 9.80 Å². The lowest BCUT2D eigenvalue weighted by molar-refractivity contribution is 0.0289. The molecule has 0 radical (unpaired) electrons. The van der Waals surface area contributed by atoms with Crippen molar-refractivity contribution in [3.63, 3.8) is 0 Å². The Balaban J connectivity index is 1.11. The highest BCUT2D eigenvalue weighted by Crippen LogP contribution is 2.40. The van der Waals surface area contributed by atoms with Crippen molar-refractivity contribution in [3.8, 4) is 0 Å². The van der Waals surface area contributed by atoms with Gasteiger partial charge < -0.3 is 9.80 Å². The van der Waals surface area contributed by atoms with Crippen LogP contribution in [0.15, 0.2) is 48.1 Å². The Kier molecular flexibility index (Phi) is 6.99. The summed E-state index contributed by atoms with van der Waals surface area (Å²) in [6, 6.07) is 12.1. The minimum absolute atomic E-state index is 0.534. The monoisotopic (exact) mass is 518 g/mol. The fourth-order valence-electron chi connectivity index (χ4n) is 6.43. The largest absolute Gasteiger partial charge is 0.339 e. The summed E-state index contributed by atoms with van der Waals surface area (Å²) in [6.07, 6.45) is 7.93. The SMILES string of the molecule is C=C1c2cccnc2N=C(N2CCN(C3CCN(Cc4ccc(Cl)cc4C)CC3)[C@@H](CC)C2)N1C1CC1. The predicted octanol–water partition coefficient (Wildman–Crippen LogP) is 5.54. The number of likely N-dealkylation sites (tertiary alicyclic amines) is 1. The van der Waals surface area contributed by atoms with E-state index in [0.29, 0.717) is 18.1 Å². The fraction of sp³-hybridized carbons (Fsp3) is 0.533. The molecule has 37 heavy (non-hydrogen) atoms. The van der Waals surface area contributed by atoms with Crippen molar-refractivity contribution in [3.05, 3.63) is 64.8 Å². The minimum Gasteiger partial charge on any atom is -0.339 e. The lowest BCUT2D eigenvalue weighted by atomic mass is 9.97. The molecule has 0 bridgehead atoms. The number of piperazine rings is 1. The van der Waals surface area contributed by atoms with Crippen molar-refractivity contribution in [2.24, 2.45) is 4.99 Å². The highest BCUT2D eigenvalue weighted by Gasteiger charge is 2.41. The number of nitrogens with zero attached hydrogens (tertiary/aromatic N) is 6. The maximum absolute atomic E-state index is 6.17. The molecule has 6 rings (SSSR count). The summed E-state index contributed by atoms with van der Waals surface area (Å²) in [5.74, 6) is 1.89. The van der Waals surface area contributed by atoms with Crippen molar-refractivity contribution >= 4 is 29.1 Å². The molecule has 0 N–H and O–H groups in total. The van der Waals surface area contributed by atoms with Gasteiger partial charge in [0.2, 0.25) is 5.96 Å². The van der Waals surface area contributed by atoms with Crippen LogP contribution in [0.3, 0.4) is 0 Å². The van der Waals surface area contributed by atoms with Crippen LogP contribution in [-0.4, -0.2) is 81.4 Å². The Labute approximate surface area is 226 Å². The fourth-order valence-corrected chi connectivity index (χ4v) is 6.66. The number of rotatable bonds is 5. The summed E-state index contributed by atoms with van der Waals surface area (Å²) in [6.45, 7) is 15.5. The Bertz CT molecular complexity index is 1180. The molecule has 3 fully saturated rings. The first-order chi connectivity index (χ1) is 18.0. The third kappa shape index (κ3) is 5.04. The number of pyridine rings is 1. The van der Waals surface area contributed by atoms with Gasteiger partial charge in [0.05, 0.1) is 0 Å². The maximum Gasteiger partial charge on any atom is 0.208 e. The molecule has 6 nitrogen and oxygen atoms in total. The molecule has 3 aliphatic heterocycles. The molecule has 2 aromatic rings. The minimum atomic E-state index is 0.534. The molecule has 1 saturated carbocycles. The Morgan fingerprint density at radius 2 is 1.84 bits per heavy atom. The summed E-state index contributed by atoms with van der Waals surface area (Å²) in [5, 5.41) is 0.828. The third-order valence-corrected chi connectivity index (χ3v) is 8.96. The average molecular weight is 519 g/mol. The molecule has 1 aliphatic carbocycles. The second kappa shape index (κ2) is 10.4. The van der Waals surface area contributed by atoms with E-state index < -0.39 is 0 Å². The van der Waals surface area contributed by atoms with E-state index in [1.807, 2.05) is 18.3 Å². The lowest BCUT2D eigenvalue weighted by Gasteiger charge is -2.49. The van der Waals surface area contributed by atoms with Gasteiger partial charge in [-0.15, -0.1) is 0 Å². The van der Waals surface area contributed by atoms with E-state index in [0.717, 1.165) is 73.7 Å². The first-order valence-corrected chi connectivity index (χ1v) is 14.4. The van der Waals surface area contributed by atoms with Gasteiger partial charge in [-0.2, -0.15) is 4.99 Å². The number of aryl methyl sites for hydroxylation is 1. The molecule has 4 aliphatic rings. The summed E-state index contributed by atoms with van der Waals surface area (Å²) in [7, 11) is 0. The highest BCUT2D eigenvalue weighted by atomic mass is 35.5. The first kappa shape index (κ1) is 24.9. The molecular weight excluding hydrogens is 480 g/mol. The quantitative estimate of drug-likeness (QED) is 0.519. The molecule has 196 valence electrons. The van der Waals surface area contributed by atoms with E-state index in [-0.39, 0.29) is 0 Å². The van der Waals surface area contributed by atoms with Gasteiger partial charge in [-0.05, 0) is 87.5 Å². The van der Waals surface area contributed by atoms with Crippen LogP contribution < -0.4 is 0 Å². The molecule has 1 atom stereocenters. The van der Waals surface area contributed by atoms with E-state index in [1.54, 1.807) is 0 Å². The van der Waals surface area contributed by atoms with Gasteiger partial charge in [0.25, 0.3) is 0 Å². The van der Waals surface area contributed by atoms with Crippen LogP contribution in [0.25, 0.3) is 5.70 Å². The van der Waals surface area contributed by atoms with Crippen LogP contribution in [0.2, 0.25) is 5.02 Å². The molecule has 0 unspecified atom stereocenters. The summed E-state index contributed by atoms with van der Waals surface area (Å²) in [4.78, 5) is 20.0. The van der Waals surface area contributed by atoms with Crippen LogP contribution in [0, 0.1) is 6.92 Å². The van der Waals surface area contributed by atoms with Gasteiger partial charge in [-0.25, -0.2) is 4.98 Å². The molecule has 4 heterocycles. The second-order valence-corrected chi connectivity index (χ2v) is 11.6. The summed E-state index contributed by atoms with van der Waals surface area (Å²) >= 11 is 6.17. The van der Waals surface area contributed by atoms with Gasteiger partial charge in [0.1, 0.15) is 0 Å². The van der Waals surface area contributed by atoms with Crippen LogP contribution in [0.5, 0.6) is 0 Å². The van der Waals surface area contributed by atoms with Crippen LogP contribution in [0.4, 0.5) is 5.82 Å². The second-order valence-electron chi connectivity index (χ2n) is 11.2. The van der Waals surface area contributed by atoms with Crippen molar-refractivity contribution < 1.29 is 0 Å². The smallest absolute Gasteiger partial charge is 0.208 e. The zero-order valence-electron chi connectivity index (χ0n) is 22.2. The van der Waals surface area contributed by atoms with E-state index in [4.69, 9.17) is 16.6 Å². The summed E-state index contributed by atoms with van der Waals surface area (Å²) < 4.78 is 0. The molecule has 7 heteroatoms.